The minimum atomic E-state index is -0.335. The number of aliphatic hydroxyl groups is 1. The fraction of sp³-hybridized carbons (Fsp3) is 0.364. The maximum Gasteiger partial charge on any atom is 0.234 e. The van der Waals surface area contributed by atoms with Gasteiger partial charge in [-0.2, -0.15) is 0 Å². The number of hydrogen-bond donors (Lipinski definition) is 2. The Labute approximate surface area is 97.6 Å². The van der Waals surface area contributed by atoms with Gasteiger partial charge in [-0.1, -0.05) is 46.3 Å². The van der Waals surface area contributed by atoms with Crippen LogP contribution in [-0.4, -0.2) is 22.4 Å². The van der Waals surface area contributed by atoms with Crippen LogP contribution in [0.3, 0.4) is 0 Å². The fourth-order valence-electron chi connectivity index (χ4n) is 1.21. The van der Waals surface area contributed by atoms with E-state index in [4.69, 9.17) is 0 Å². The zero-order chi connectivity index (χ0) is 11.3. The lowest BCUT2D eigenvalue weighted by molar-refractivity contribution is -0.121. The summed E-state index contributed by atoms with van der Waals surface area (Å²) in [7, 11) is 0. The van der Waals surface area contributed by atoms with Crippen molar-refractivity contribution in [3.63, 3.8) is 0 Å². The molecule has 2 N–H and O–H groups in total. The van der Waals surface area contributed by atoms with Crippen molar-refractivity contribution in [3.05, 3.63) is 35.9 Å². The minimum absolute atomic E-state index is 0.102. The second-order valence-electron chi connectivity index (χ2n) is 3.27. The quantitative estimate of drug-likeness (QED) is 0.818. The van der Waals surface area contributed by atoms with Crippen molar-refractivity contribution in [3.8, 4) is 0 Å². The highest BCUT2D eigenvalue weighted by molar-refractivity contribution is 9.10. The Hall–Kier alpha value is -0.870. The Morgan fingerprint density at radius 2 is 2.07 bits per heavy atom. The molecule has 1 aromatic rings. The zero-order valence-electron chi connectivity index (χ0n) is 8.48. The number of amides is 1. The Morgan fingerprint density at radius 1 is 1.47 bits per heavy atom. The van der Waals surface area contributed by atoms with Crippen molar-refractivity contribution in [2.45, 2.75) is 17.8 Å². The van der Waals surface area contributed by atoms with E-state index in [0.29, 0.717) is 0 Å². The van der Waals surface area contributed by atoms with Crippen LogP contribution in [0.15, 0.2) is 30.3 Å². The molecule has 0 radical (unpaired) electrons. The van der Waals surface area contributed by atoms with Gasteiger partial charge in [0, 0.05) is 0 Å². The molecule has 15 heavy (non-hydrogen) atoms. The van der Waals surface area contributed by atoms with Crippen LogP contribution in [0, 0.1) is 0 Å². The molecular weight excluding hydrogens is 258 g/mol. The summed E-state index contributed by atoms with van der Waals surface area (Å²) in [5, 5.41) is 11.9. The van der Waals surface area contributed by atoms with Gasteiger partial charge in [-0.05, 0) is 12.5 Å². The highest BCUT2D eigenvalue weighted by atomic mass is 79.9. The van der Waals surface area contributed by atoms with Crippen LogP contribution in [0.4, 0.5) is 0 Å². The number of halogens is 1. The third-order valence-corrected chi connectivity index (χ3v) is 2.48. The molecule has 1 amide bonds. The topological polar surface area (TPSA) is 49.3 Å². The number of carbonyl (C=O) groups is 1. The number of nitrogens with one attached hydrogen (secondary N) is 1. The van der Waals surface area contributed by atoms with Gasteiger partial charge in [-0.3, -0.25) is 4.79 Å². The summed E-state index contributed by atoms with van der Waals surface area (Å²) in [6.45, 7) is 1.64. The van der Waals surface area contributed by atoms with Gasteiger partial charge >= 0.3 is 0 Å². The third-order valence-electron chi connectivity index (χ3n) is 2.06. The predicted octanol–water partition coefficient (Wildman–Crippen LogP) is 1.62. The van der Waals surface area contributed by atoms with E-state index in [9.17, 15) is 9.90 Å². The zero-order valence-corrected chi connectivity index (χ0v) is 10.1. The Balaban J connectivity index is 2.69. The standard InChI is InChI=1S/C11H14BrNO2/c1-8(12)11(15)13-10(7-14)9-5-3-2-4-6-9/h2-6,8,10,14H,7H2,1H3,(H,13,15). The van der Waals surface area contributed by atoms with E-state index in [2.05, 4.69) is 21.2 Å². The van der Waals surface area contributed by atoms with Crippen molar-refractivity contribution < 1.29 is 9.90 Å². The number of aliphatic hydroxyl groups excluding tert-OH is 1. The molecule has 0 spiro atoms. The molecule has 0 heterocycles. The van der Waals surface area contributed by atoms with E-state index in [-0.39, 0.29) is 23.4 Å². The minimum Gasteiger partial charge on any atom is -0.394 e. The number of benzene rings is 1. The molecule has 2 atom stereocenters. The van der Waals surface area contributed by atoms with Gasteiger partial charge in [-0.25, -0.2) is 0 Å². The van der Waals surface area contributed by atoms with Crippen LogP contribution >= 0.6 is 15.9 Å². The molecule has 0 aliphatic carbocycles. The van der Waals surface area contributed by atoms with E-state index >= 15 is 0 Å². The van der Waals surface area contributed by atoms with Gasteiger partial charge in [-0.15, -0.1) is 0 Å². The maximum atomic E-state index is 11.4. The van der Waals surface area contributed by atoms with Gasteiger partial charge in [0.25, 0.3) is 0 Å². The van der Waals surface area contributed by atoms with Crippen molar-refractivity contribution in [2.24, 2.45) is 0 Å². The summed E-state index contributed by atoms with van der Waals surface area (Å²) < 4.78 is 0. The molecular formula is C11H14BrNO2. The van der Waals surface area contributed by atoms with E-state index < -0.39 is 0 Å². The van der Waals surface area contributed by atoms with Crippen LogP contribution in [0.5, 0.6) is 0 Å². The van der Waals surface area contributed by atoms with Crippen LogP contribution < -0.4 is 5.32 Å². The smallest absolute Gasteiger partial charge is 0.234 e. The Kier molecular flexibility index (Phi) is 4.78. The van der Waals surface area contributed by atoms with E-state index in [1.54, 1.807) is 6.92 Å². The Bertz CT molecular complexity index is 314. The van der Waals surface area contributed by atoms with Gasteiger partial charge < -0.3 is 10.4 Å². The fourth-order valence-corrected chi connectivity index (χ4v) is 1.34. The molecule has 4 heteroatoms. The summed E-state index contributed by atoms with van der Waals surface area (Å²) in [5.41, 5.74) is 0.904. The molecule has 3 nitrogen and oxygen atoms in total. The average Bonchev–Trinajstić information content (AvgIpc) is 2.26. The highest BCUT2D eigenvalue weighted by Crippen LogP contribution is 2.12. The summed E-state index contributed by atoms with van der Waals surface area (Å²) in [6.07, 6.45) is 0. The molecule has 1 aromatic carbocycles. The van der Waals surface area contributed by atoms with Crippen LogP contribution in [0.1, 0.15) is 18.5 Å². The number of rotatable bonds is 4. The molecule has 0 aliphatic heterocycles. The molecule has 0 fully saturated rings. The molecule has 82 valence electrons. The molecule has 0 aromatic heterocycles. The van der Waals surface area contributed by atoms with E-state index in [1.165, 1.54) is 0 Å². The molecule has 2 unspecified atom stereocenters. The lowest BCUT2D eigenvalue weighted by Gasteiger charge is -2.17. The second-order valence-corrected chi connectivity index (χ2v) is 4.64. The number of hydrogen-bond acceptors (Lipinski definition) is 2. The van der Waals surface area contributed by atoms with Crippen molar-refractivity contribution >= 4 is 21.8 Å². The van der Waals surface area contributed by atoms with E-state index in [0.717, 1.165) is 5.56 Å². The molecule has 0 aliphatic rings. The SMILES string of the molecule is CC(Br)C(=O)NC(CO)c1ccccc1. The van der Waals surface area contributed by atoms with Crippen molar-refractivity contribution in [1.82, 2.24) is 5.32 Å². The first kappa shape index (κ1) is 12.2. The van der Waals surface area contributed by atoms with Gasteiger partial charge in [0.05, 0.1) is 17.5 Å². The van der Waals surface area contributed by atoms with Crippen LogP contribution in [0.25, 0.3) is 0 Å². The summed E-state index contributed by atoms with van der Waals surface area (Å²) in [5.74, 6) is -0.127. The van der Waals surface area contributed by atoms with Gasteiger partial charge in [0.2, 0.25) is 5.91 Å². The monoisotopic (exact) mass is 271 g/mol. The van der Waals surface area contributed by atoms with E-state index in [1.807, 2.05) is 30.3 Å². The molecule has 1 rings (SSSR count). The normalized spacial score (nSPS) is 14.3. The molecule has 0 saturated carbocycles. The van der Waals surface area contributed by atoms with Crippen LogP contribution in [0.2, 0.25) is 0 Å². The predicted molar refractivity (Wildman–Crippen MR) is 62.8 cm³/mol. The summed E-state index contributed by atoms with van der Waals surface area (Å²) >= 11 is 3.18. The van der Waals surface area contributed by atoms with Gasteiger partial charge in [0.15, 0.2) is 0 Å². The third kappa shape index (κ3) is 3.64. The molecule has 0 bridgehead atoms. The lowest BCUT2D eigenvalue weighted by atomic mass is 10.1. The first-order valence-electron chi connectivity index (χ1n) is 4.75. The first-order chi connectivity index (χ1) is 7.15. The average molecular weight is 272 g/mol. The number of alkyl halides is 1. The highest BCUT2D eigenvalue weighted by Gasteiger charge is 2.15. The maximum absolute atomic E-state index is 11.4. The molecule has 0 saturated heterocycles. The summed E-state index contributed by atoms with van der Waals surface area (Å²) in [4.78, 5) is 11.2. The largest absolute Gasteiger partial charge is 0.394 e. The summed E-state index contributed by atoms with van der Waals surface area (Å²) in [6, 6.07) is 9.06. The second kappa shape index (κ2) is 5.88. The first-order valence-corrected chi connectivity index (χ1v) is 5.67. The van der Waals surface area contributed by atoms with Gasteiger partial charge in [0.1, 0.15) is 0 Å². The van der Waals surface area contributed by atoms with Crippen LogP contribution in [-0.2, 0) is 4.79 Å². The number of carbonyl (C=O) groups excluding carboxylic acids is 1. The van der Waals surface area contributed by atoms with Crippen molar-refractivity contribution in [2.75, 3.05) is 6.61 Å². The van der Waals surface area contributed by atoms with Crippen molar-refractivity contribution in [1.29, 1.82) is 0 Å². The lowest BCUT2D eigenvalue weighted by Crippen LogP contribution is -2.34. The Morgan fingerprint density at radius 3 is 2.53 bits per heavy atom.